The van der Waals surface area contributed by atoms with Crippen LogP contribution in [0.3, 0.4) is 0 Å². The maximum absolute atomic E-state index is 6.20. The van der Waals surface area contributed by atoms with Crippen LogP contribution in [0.2, 0.25) is 5.02 Å². The Kier molecular flexibility index (Phi) is 4.77. The Labute approximate surface area is 139 Å². The van der Waals surface area contributed by atoms with Crippen LogP contribution in [-0.2, 0) is 0 Å². The zero-order valence-corrected chi connectivity index (χ0v) is 14.4. The lowest BCUT2D eigenvalue weighted by Gasteiger charge is -2.07. The Morgan fingerprint density at radius 1 is 1.05 bits per heavy atom. The number of rotatable bonds is 4. The van der Waals surface area contributed by atoms with Gasteiger partial charge in [0, 0.05) is 31.7 Å². The van der Waals surface area contributed by atoms with Gasteiger partial charge in [-0.3, -0.25) is 4.99 Å². The summed E-state index contributed by atoms with van der Waals surface area (Å²) in [5, 5.41) is 4.21. The summed E-state index contributed by atoms with van der Waals surface area (Å²) in [7, 11) is 4.18. The number of nitrogens with zero attached hydrogens (tertiary/aromatic N) is 2. The molecule has 0 amide bonds. The van der Waals surface area contributed by atoms with Crippen molar-refractivity contribution in [3.05, 3.63) is 52.8 Å². The van der Waals surface area contributed by atoms with Gasteiger partial charge in [-0.2, -0.15) is 0 Å². The van der Waals surface area contributed by atoms with Crippen molar-refractivity contribution in [1.82, 2.24) is 4.90 Å². The van der Waals surface area contributed by atoms with Gasteiger partial charge in [0.1, 0.15) is 0 Å². The maximum atomic E-state index is 6.20. The molecular weight excluding hydrogens is 312 g/mol. The quantitative estimate of drug-likeness (QED) is 0.506. The molecule has 3 aromatic rings. The molecule has 3 rings (SSSR count). The summed E-state index contributed by atoms with van der Waals surface area (Å²) in [6.07, 6.45) is 1.06. The number of benzene rings is 2. The number of fused-ring (bicyclic) bond motifs is 2. The molecule has 0 radical (unpaired) electrons. The lowest BCUT2D eigenvalue weighted by Crippen LogP contribution is -2.14. The van der Waals surface area contributed by atoms with Crippen LogP contribution in [0.25, 0.3) is 20.2 Å². The largest absolute Gasteiger partial charge is 0.309 e. The molecule has 0 fully saturated rings. The van der Waals surface area contributed by atoms with Gasteiger partial charge in [0.15, 0.2) is 0 Å². The summed E-state index contributed by atoms with van der Waals surface area (Å²) in [4.78, 5) is 7.09. The highest BCUT2D eigenvalue weighted by molar-refractivity contribution is 7.24. The maximum Gasteiger partial charge on any atom is 0.0747 e. The predicted octanol–water partition coefficient (Wildman–Crippen LogP) is 4.56. The lowest BCUT2D eigenvalue weighted by molar-refractivity contribution is 0.403. The first-order valence-corrected chi connectivity index (χ1v) is 8.61. The summed E-state index contributed by atoms with van der Waals surface area (Å²) in [5.41, 5.74) is 0. The fourth-order valence-corrected chi connectivity index (χ4v) is 3.77. The molecule has 0 aliphatic heterocycles. The Balaban J connectivity index is 2.17. The van der Waals surface area contributed by atoms with Crippen LogP contribution in [0.1, 0.15) is 6.42 Å². The van der Waals surface area contributed by atoms with Crippen molar-refractivity contribution in [2.24, 2.45) is 4.99 Å². The molecule has 0 saturated heterocycles. The molecule has 1 aromatic heterocycles. The number of hydrogen-bond acceptors (Lipinski definition) is 3. The lowest BCUT2D eigenvalue weighted by atomic mass is 10.2. The van der Waals surface area contributed by atoms with E-state index in [-0.39, 0.29) is 0 Å². The average Bonchev–Trinajstić information content (AvgIpc) is 2.50. The van der Waals surface area contributed by atoms with Gasteiger partial charge in [0.25, 0.3) is 0 Å². The van der Waals surface area contributed by atoms with Crippen molar-refractivity contribution in [3.8, 4) is 0 Å². The zero-order valence-electron chi connectivity index (χ0n) is 12.8. The van der Waals surface area contributed by atoms with E-state index in [2.05, 4.69) is 49.3 Å². The third kappa shape index (κ3) is 3.32. The minimum Gasteiger partial charge on any atom is -0.309 e. The first kappa shape index (κ1) is 15.5. The normalized spacial score (nSPS) is 12.6. The van der Waals surface area contributed by atoms with Crippen LogP contribution < -0.4 is 5.36 Å². The van der Waals surface area contributed by atoms with Gasteiger partial charge in [0.05, 0.1) is 5.36 Å². The van der Waals surface area contributed by atoms with Gasteiger partial charge in [-0.25, -0.2) is 0 Å². The highest BCUT2D eigenvalue weighted by atomic mass is 35.5. The van der Waals surface area contributed by atoms with E-state index in [1.807, 2.05) is 12.1 Å². The summed E-state index contributed by atoms with van der Waals surface area (Å²) in [6.45, 7) is 1.88. The van der Waals surface area contributed by atoms with E-state index in [1.165, 1.54) is 14.8 Å². The van der Waals surface area contributed by atoms with Gasteiger partial charge in [-0.05, 0) is 51.3 Å². The molecule has 0 aliphatic carbocycles. The molecule has 0 N–H and O–H groups in total. The molecule has 0 bridgehead atoms. The minimum absolute atomic E-state index is 0.764. The molecular formula is C18H19ClN2S. The van der Waals surface area contributed by atoms with Crippen molar-refractivity contribution in [2.75, 3.05) is 27.2 Å². The third-order valence-corrected chi connectivity index (χ3v) is 4.98. The van der Waals surface area contributed by atoms with Crippen LogP contribution in [0, 0.1) is 0 Å². The topological polar surface area (TPSA) is 15.6 Å². The van der Waals surface area contributed by atoms with E-state index in [0.717, 1.165) is 35.3 Å². The second kappa shape index (κ2) is 6.78. The zero-order chi connectivity index (χ0) is 15.5. The van der Waals surface area contributed by atoms with E-state index < -0.39 is 0 Å². The Bertz CT molecular complexity index is 868. The molecule has 0 aliphatic rings. The van der Waals surface area contributed by atoms with E-state index in [9.17, 15) is 0 Å². The molecule has 2 aromatic carbocycles. The van der Waals surface area contributed by atoms with Gasteiger partial charge in [0.2, 0.25) is 0 Å². The van der Waals surface area contributed by atoms with Crippen LogP contribution in [0.5, 0.6) is 0 Å². The van der Waals surface area contributed by atoms with Gasteiger partial charge < -0.3 is 4.90 Å². The third-order valence-electron chi connectivity index (χ3n) is 3.59. The van der Waals surface area contributed by atoms with Crippen molar-refractivity contribution >= 4 is 43.1 Å². The van der Waals surface area contributed by atoms with E-state index >= 15 is 0 Å². The van der Waals surface area contributed by atoms with Crippen LogP contribution in [0.15, 0.2) is 47.5 Å². The molecule has 0 saturated carbocycles. The van der Waals surface area contributed by atoms with Crippen LogP contribution in [0.4, 0.5) is 0 Å². The van der Waals surface area contributed by atoms with E-state index in [4.69, 9.17) is 16.6 Å². The van der Waals surface area contributed by atoms with Crippen molar-refractivity contribution in [1.29, 1.82) is 0 Å². The van der Waals surface area contributed by atoms with Crippen LogP contribution in [-0.4, -0.2) is 32.1 Å². The second-order valence-electron chi connectivity index (χ2n) is 5.63. The van der Waals surface area contributed by atoms with Crippen molar-refractivity contribution in [2.45, 2.75) is 6.42 Å². The molecule has 2 nitrogen and oxygen atoms in total. The van der Waals surface area contributed by atoms with Gasteiger partial charge in [-0.1, -0.05) is 29.8 Å². The smallest absolute Gasteiger partial charge is 0.0747 e. The minimum atomic E-state index is 0.764. The first-order valence-electron chi connectivity index (χ1n) is 7.41. The summed E-state index contributed by atoms with van der Waals surface area (Å²) in [6, 6.07) is 14.5. The van der Waals surface area contributed by atoms with Crippen LogP contribution >= 0.6 is 22.9 Å². The van der Waals surface area contributed by atoms with Gasteiger partial charge in [-0.15, -0.1) is 11.3 Å². The molecule has 0 unspecified atom stereocenters. The molecule has 0 spiro atoms. The molecule has 0 atom stereocenters. The standard InChI is InChI=1S/C18H19ClN2S/c1-21(2)11-5-10-20-18-14-6-3-4-7-16(14)22-17-9-8-13(19)12-15(17)18/h3-4,6-9,12H,5,10-11H2,1-2H3. The number of halogens is 1. The average molecular weight is 331 g/mol. The summed E-state index contributed by atoms with van der Waals surface area (Å²) < 4.78 is 2.50. The van der Waals surface area contributed by atoms with Crippen molar-refractivity contribution < 1.29 is 0 Å². The molecule has 4 heteroatoms. The fourth-order valence-electron chi connectivity index (χ4n) is 2.54. The SMILES string of the molecule is CN(C)CCCN=c1c2ccccc2sc2ccc(Cl)cc12. The Morgan fingerprint density at radius 2 is 1.82 bits per heavy atom. The molecule has 1 heterocycles. The monoisotopic (exact) mass is 330 g/mol. The van der Waals surface area contributed by atoms with E-state index in [0.29, 0.717) is 0 Å². The predicted molar refractivity (Wildman–Crippen MR) is 97.9 cm³/mol. The Morgan fingerprint density at radius 3 is 2.64 bits per heavy atom. The second-order valence-corrected chi connectivity index (χ2v) is 7.15. The Hall–Kier alpha value is -1.42. The highest BCUT2D eigenvalue weighted by Gasteiger charge is 2.04. The van der Waals surface area contributed by atoms with Crippen molar-refractivity contribution in [3.63, 3.8) is 0 Å². The summed E-state index contributed by atoms with van der Waals surface area (Å²) in [5.74, 6) is 0. The van der Waals surface area contributed by atoms with Gasteiger partial charge >= 0.3 is 0 Å². The molecule has 114 valence electrons. The number of hydrogen-bond donors (Lipinski definition) is 0. The fraction of sp³-hybridized carbons (Fsp3) is 0.278. The van der Waals surface area contributed by atoms with E-state index in [1.54, 1.807) is 11.3 Å². The summed E-state index contributed by atoms with van der Waals surface area (Å²) >= 11 is 7.99. The highest BCUT2D eigenvalue weighted by Crippen LogP contribution is 2.26. The molecule has 22 heavy (non-hydrogen) atoms. The first-order chi connectivity index (χ1) is 10.6.